The van der Waals surface area contributed by atoms with Crippen molar-refractivity contribution in [3.63, 3.8) is 0 Å². The molecule has 2 atom stereocenters. The molecule has 1 saturated heterocycles. The smallest absolute Gasteiger partial charge is 0.179 e. The molecule has 2 aliphatic rings. The number of rotatable bonds is 4. The number of carbonyl (C=O) groups excluding carboxylic acids is 1. The fourth-order valence-electron chi connectivity index (χ4n) is 3.21. The summed E-state index contributed by atoms with van der Waals surface area (Å²) in [4.78, 5) is 17.4. The average Bonchev–Trinajstić information content (AvgIpc) is 2.60. The van der Waals surface area contributed by atoms with Gasteiger partial charge in [-0.2, -0.15) is 0 Å². The highest BCUT2D eigenvalue weighted by atomic mass is 16.5. The predicted molar refractivity (Wildman–Crippen MR) is 92.5 cm³/mol. The van der Waals surface area contributed by atoms with Crippen LogP contribution in [0.4, 0.5) is 5.69 Å². The van der Waals surface area contributed by atoms with Gasteiger partial charge in [-0.05, 0) is 38.6 Å². The van der Waals surface area contributed by atoms with E-state index in [0.717, 1.165) is 56.1 Å². The van der Waals surface area contributed by atoms with Crippen LogP contribution in [0.1, 0.15) is 30.6 Å². The van der Waals surface area contributed by atoms with Gasteiger partial charge in [-0.25, -0.2) is 0 Å². The van der Waals surface area contributed by atoms with Crippen molar-refractivity contribution in [1.82, 2.24) is 9.80 Å². The maximum atomic E-state index is 12.8. The number of Topliss-reactive ketones (excluding diaryl/α,β-unsaturated/α-hetero) is 1. The first kappa shape index (κ1) is 16.3. The van der Waals surface area contributed by atoms with Gasteiger partial charge in [0.2, 0.25) is 0 Å². The number of ether oxygens (including phenoxy) is 1. The molecule has 0 aromatic heterocycles. The van der Waals surface area contributed by atoms with Gasteiger partial charge in [-0.1, -0.05) is 6.92 Å². The standard InChI is InChI=1S/C18H27N3O2/c1-4-15-12-19-16-11-14(5-6-17(16)23-15)18(22)13(2)21-9-7-20(3)8-10-21/h5-6,11,13,15,19H,4,7-10,12H2,1-3H3. The van der Waals surface area contributed by atoms with Crippen LogP contribution in [-0.4, -0.2) is 67.5 Å². The zero-order valence-electron chi connectivity index (χ0n) is 14.3. The lowest BCUT2D eigenvalue weighted by Crippen LogP contribution is -2.50. The minimum Gasteiger partial charge on any atom is -0.486 e. The third-order valence-corrected chi connectivity index (χ3v) is 5.00. The Bertz CT molecular complexity index is 567. The molecule has 0 bridgehead atoms. The highest BCUT2D eigenvalue weighted by Crippen LogP contribution is 2.31. The number of hydrogen-bond acceptors (Lipinski definition) is 5. The van der Waals surface area contributed by atoms with E-state index in [2.05, 4.69) is 29.1 Å². The van der Waals surface area contributed by atoms with Crippen LogP contribution in [0.3, 0.4) is 0 Å². The van der Waals surface area contributed by atoms with Gasteiger partial charge in [0.25, 0.3) is 0 Å². The average molecular weight is 317 g/mol. The van der Waals surface area contributed by atoms with Crippen molar-refractivity contribution in [1.29, 1.82) is 0 Å². The van der Waals surface area contributed by atoms with E-state index in [1.165, 1.54) is 0 Å². The van der Waals surface area contributed by atoms with E-state index in [4.69, 9.17) is 4.74 Å². The van der Waals surface area contributed by atoms with E-state index in [9.17, 15) is 4.79 Å². The maximum Gasteiger partial charge on any atom is 0.179 e. The molecule has 126 valence electrons. The summed E-state index contributed by atoms with van der Waals surface area (Å²) in [6.07, 6.45) is 1.20. The number of nitrogens with one attached hydrogen (secondary N) is 1. The molecule has 23 heavy (non-hydrogen) atoms. The summed E-state index contributed by atoms with van der Waals surface area (Å²) in [5.74, 6) is 1.05. The first-order valence-electron chi connectivity index (χ1n) is 8.60. The van der Waals surface area contributed by atoms with Crippen LogP contribution in [0.25, 0.3) is 0 Å². The fourth-order valence-corrected chi connectivity index (χ4v) is 3.21. The third-order valence-electron chi connectivity index (χ3n) is 5.00. The van der Waals surface area contributed by atoms with Gasteiger partial charge in [0.05, 0.1) is 18.3 Å². The van der Waals surface area contributed by atoms with Gasteiger partial charge < -0.3 is 15.0 Å². The molecule has 3 rings (SSSR count). The summed E-state index contributed by atoms with van der Waals surface area (Å²) in [6, 6.07) is 5.69. The Morgan fingerprint density at radius 3 is 2.78 bits per heavy atom. The van der Waals surface area contributed by atoms with E-state index in [0.29, 0.717) is 0 Å². The molecule has 0 aliphatic carbocycles. The van der Waals surface area contributed by atoms with E-state index in [-0.39, 0.29) is 17.9 Å². The first-order valence-corrected chi connectivity index (χ1v) is 8.60. The Kier molecular flexibility index (Phi) is 4.87. The Morgan fingerprint density at radius 1 is 1.35 bits per heavy atom. The summed E-state index contributed by atoms with van der Waals surface area (Å²) in [6.45, 7) is 8.89. The van der Waals surface area contributed by atoms with Gasteiger partial charge in [-0.3, -0.25) is 9.69 Å². The summed E-state index contributed by atoms with van der Waals surface area (Å²) < 4.78 is 5.91. The quantitative estimate of drug-likeness (QED) is 0.862. The summed E-state index contributed by atoms with van der Waals surface area (Å²) in [5, 5.41) is 3.39. The third kappa shape index (κ3) is 3.51. The van der Waals surface area contributed by atoms with Crippen LogP contribution in [0.15, 0.2) is 18.2 Å². The summed E-state index contributed by atoms with van der Waals surface area (Å²) in [7, 11) is 2.13. The zero-order valence-corrected chi connectivity index (χ0v) is 14.3. The molecule has 5 nitrogen and oxygen atoms in total. The SMILES string of the molecule is CCC1CNc2cc(C(=O)C(C)N3CCN(C)CC3)ccc2O1. The second kappa shape index (κ2) is 6.89. The highest BCUT2D eigenvalue weighted by Gasteiger charge is 2.26. The predicted octanol–water partition coefficient (Wildman–Crippen LogP) is 2.09. The largest absolute Gasteiger partial charge is 0.486 e. The molecule has 1 aromatic rings. The van der Waals surface area contributed by atoms with Crippen LogP contribution in [0, 0.1) is 0 Å². The van der Waals surface area contributed by atoms with Crippen molar-refractivity contribution in [2.75, 3.05) is 45.1 Å². The Morgan fingerprint density at radius 2 is 2.09 bits per heavy atom. The molecule has 1 fully saturated rings. The van der Waals surface area contributed by atoms with E-state index < -0.39 is 0 Å². The second-order valence-electron chi connectivity index (χ2n) is 6.62. The second-order valence-corrected chi connectivity index (χ2v) is 6.62. The monoisotopic (exact) mass is 317 g/mol. The number of hydrogen-bond donors (Lipinski definition) is 1. The lowest BCUT2D eigenvalue weighted by atomic mass is 10.0. The zero-order chi connectivity index (χ0) is 16.4. The number of likely N-dealkylation sites (N-methyl/N-ethyl adjacent to an activating group) is 1. The number of piperazine rings is 1. The lowest BCUT2D eigenvalue weighted by Gasteiger charge is -2.35. The van der Waals surface area contributed by atoms with E-state index in [1.807, 2.05) is 25.1 Å². The summed E-state index contributed by atoms with van der Waals surface area (Å²) >= 11 is 0. The molecule has 0 amide bonds. The number of fused-ring (bicyclic) bond motifs is 1. The number of carbonyl (C=O) groups is 1. The molecule has 2 heterocycles. The van der Waals surface area contributed by atoms with Crippen molar-refractivity contribution >= 4 is 11.5 Å². The van der Waals surface area contributed by atoms with Gasteiger partial charge in [0, 0.05) is 31.7 Å². The van der Waals surface area contributed by atoms with Crippen LogP contribution in [0.2, 0.25) is 0 Å². The van der Waals surface area contributed by atoms with Gasteiger partial charge in [-0.15, -0.1) is 0 Å². The van der Waals surface area contributed by atoms with Crippen LogP contribution < -0.4 is 10.1 Å². The Balaban J connectivity index is 1.70. The van der Waals surface area contributed by atoms with Crippen molar-refractivity contribution < 1.29 is 9.53 Å². The van der Waals surface area contributed by atoms with Crippen LogP contribution in [0.5, 0.6) is 5.75 Å². The van der Waals surface area contributed by atoms with Gasteiger partial charge >= 0.3 is 0 Å². The maximum absolute atomic E-state index is 12.8. The number of nitrogens with zero attached hydrogens (tertiary/aromatic N) is 2. The molecule has 1 aromatic carbocycles. The van der Waals surface area contributed by atoms with Gasteiger partial charge in [0.15, 0.2) is 5.78 Å². The summed E-state index contributed by atoms with van der Waals surface area (Å²) in [5.41, 5.74) is 1.70. The molecule has 1 N–H and O–H groups in total. The van der Waals surface area contributed by atoms with E-state index >= 15 is 0 Å². The highest BCUT2D eigenvalue weighted by molar-refractivity contribution is 6.01. The van der Waals surface area contributed by atoms with Crippen molar-refractivity contribution in [2.24, 2.45) is 0 Å². The molecular weight excluding hydrogens is 290 g/mol. The number of ketones is 1. The van der Waals surface area contributed by atoms with Crippen LogP contribution in [-0.2, 0) is 0 Å². The normalized spacial score (nSPS) is 23.5. The molecule has 0 saturated carbocycles. The molecule has 0 radical (unpaired) electrons. The fraction of sp³-hybridized carbons (Fsp3) is 0.611. The lowest BCUT2D eigenvalue weighted by molar-refractivity contribution is 0.0738. The Labute approximate surface area is 138 Å². The van der Waals surface area contributed by atoms with Crippen molar-refractivity contribution in [2.45, 2.75) is 32.4 Å². The minimum absolute atomic E-state index is 0.0744. The Hall–Kier alpha value is -1.59. The van der Waals surface area contributed by atoms with Crippen molar-refractivity contribution in [3.05, 3.63) is 23.8 Å². The topological polar surface area (TPSA) is 44.8 Å². The molecule has 2 unspecified atom stereocenters. The number of anilines is 1. The molecule has 2 aliphatic heterocycles. The first-order chi connectivity index (χ1) is 11.1. The van der Waals surface area contributed by atoms with Gasteiger partial charge in [0.1, 0.15) is 11.9 Å². The minimum atomic E-state index is -0.0744. The molecule has 0 spiro atoms. The van der Waals surface area contributed by atoms with Crippen molar-refractivity contribution in [3.8, 4) is 5.75 Å². The number of benzene rings is 1. The molecular formula is C18H27N3O2. The molecule has 5 heteroatoms. The van der Waals surface area contributed by atoms with Crippen LogP contribution >= 0.6 is 0 Å². The van der Waals surface area contributed by atoms with E-state index in [1.54, 1.807) is 0 Å².